The van der Waals surface area contributed by atoms with Crippen LogP contribution in [0.3, 0.4) is 0 Å². The number of thioether (sulfide) groups is 1. The quantitative estimate of drug-likeness (QED) is 0.778. The molecule has 1 aliphatic rings. The third kappa shape index (κ3) is 4.27. The lowest BCUT2D eigenvalue weighted by atomic mass is 9.79. The van der Waals surface area contributed by atoms with Crippen molar-refractivity contribution in [3.05, 3.63) is 0 Å². The molecule has 0 saturated heterocycles. The highest BCUT2D eigenvalue weighted by atomic mass is 32.2. The topological polar surface area (TPSA) is 29.3 Å². The van der Waals surface area contributed by atoms with Gasteiger partial charge in [-0.15, -0.1) is 0 Å². The predicted octanol–water partition coefficient (Wildman–Crippen LogP) is 2.43. The van der Waals surface area contributed by atoms with Gasteiger partial charge in [0.1, 0.15) is 0 Å². The number of hydrogen-bond acceptors (Lipinski definition) is 3. The molecular weight excluding hydrogens is 216 g/mol. The lowest BCUT2D eigenvalue weighted by Crippen LogP contribution is -2.45. The van der Waals surface area contributed by atoms with Gasteiger partial charge in [-0.3, -0.25) is 0 Å². The third-order valence-electron chi connectivity index (χ3n) is 4.06. The summed E-state index contributed by atoms with van der Waals surface area (Å²) < 4.78 is 0. The monoisotopic (exact) mass is 244 g/mol. The maximum absolute atomic E-state index is 5.96. The second kappa shape index (κ2) is 7.57. The van der Waals surface area contributed by atoms with E-state index < -0.39 is 0 Å². The average Bonchev–Trinajstić information content (AvgIpc) is 2.30. The van der Waals surface area contributed by atoms with Gasteiger partial charge in [-0.25, -0.2) is 0 Å². The number of nitrogens with zero attached hydrogens (tertiary/aromatic N) is 1. The number of likely N-dealkylation sites (N-methyl/N-ethyl adjacent to an activating group) is 1. The van der Waals surface area contributed by atoms with E-state index in [4.69, 9.17) is 5.73 Å². The van der Waals surface area contributed by atoms with E-state index in [1.807, 2.05) is 11.8 Å². The first-order valence-corrected chi connectivity index (χ1v) is 7.97. The molecule has 0 aromatic heterocycles. The van der Waals surface area contributed by atoms with Gasteiger partial charge in [-0.2, -0.15) is 11.8 Å². The van der Waals surface area contributed by atoms with Crippen LogP contribution < -0.4 is 5.73 Å². The van der Waals surface area contributed by atoms with Crippen molar-refractivity contribution in [2.75, 3.05) is 32.1 Å². The van der Waals surface area contributed by atoms with Gasteiger partial charge in [0.15, 0.2) is 0 Å². The molecule has 1 unspecified atom stereocenters. The van der Waals surface area contributed by atoms with Gasteiger partial charge in [-0.05, 0) is 38.0 Å². The minimum Gasteiger partial charge on any atom is -0.329 e. The van der Waals surface area contributed by atoms with Gasteiger partial charge in [0.25, 0.3) is 0 Å². The highest BCUT2D eigenvalue weighted by molar-refractivity contribution is 7.98. The average molecular weight is 244 g/mol. The van der Waals surface area contributed by atoms with E-state index in [2.05, 4.69) is 25.1 Å². The molecule has 2 N–H and O–H groups in total. The summed E-state index contributed by atoms with van der Waals surface area (Å²) in [6.07, 6.45) is 7.74. The fraction of sp³-hybridized carbons (Fsp3) is 1.00. The van der Waals surface area contributed by atoms with Crippen molar-refractivity contribution in [1.82, 2.24) is 4.90 Å². The van der Waals surface area contributed by atoms with Gasteiger partial charge >= 0.3 is 0 Å². The summed E-state index contributed by atoms with van der Waals surface area (Å²) in [7, 11) is 2.24. The molecular formula is C13H28N2S. The summed E-state index contributed by atoms with van der Waals surface area (Å²) in [5.74, 6) is 3.00. The third-order valence-corrected chi connectivity index (χ3v) is 4.65. The maximum Gasteiger partial charge on any atom is 0.0243 e. The second-order valence-electron chi connectivity index (χ2n) is 5.30. The van der Waals surface area contributed by atoms with Gasteiger partial charge in [-0.1, -0.05) is 19.8 Å². The van der Waals surface area contributed by atoms with Crippen molar-refractivity contribution in [2.45, 2.75) is 38.6 Å². The van der Waals surface area contributed by atoms with Crippen LogP contribution in [0.2, 0.25) is 0 Å². The van der Waals surface area contributed by atoms with Crippen LogP contribution in [0.4, 0.5) is 0 Å². The Bertz CT molecular complexity index is 179. The normalized spacial score (nSPS) is 28.3. The summed E-state index contributed by atoms with van der Waals surface area (Å²) in [6.45, 7) is 4.38. The Morgan fingerprint density at radius 1 is 1.31 bits per heavy atom. The molecule has 0 bridgehead atoms. The first-order chi connectivity index (χ1) is 7.69. The Morgan fingerprint density at radius 2 is 1.94 bits per heavy atom. The minimum absolute atomic E-state index is 0.611. The molecule has 1 fully saturated rings. The van der Waals surface area contributed by atoms with Crippen LogP contribution in [0.15, 0.2) is 0 Å². The maximum atomic E-state index is 5.96. The molecule has 2 nitrogen and oxygen atoms in total. The highest BCUT2D eigenvalue weighted by Gasteiger charge is 2.27. The van der Waals surface area contributed by atoms with Crippen LogP contribution >= 0.6 is 11.8 Å². The van der Waals surface area contributed by atoms with Crippen molar-refractivity contribution in [3.63, 3.8) is 0 Å². The summed E-state index contributed by atoms with van der Waals surface area (Å²) in [5.41, 5.74) is 5.96. The first-order valence-electron chi connectivity index (χ1n) is 6.58. The van der Waals surface area contributed by atoms with Crippen molar-refractivity contribution in [1.29, 1.82) is 0 Å². The summed E-state index contributed by atoms with van der Waals surface area (Å²) in [4.78, 5) is 2.48. The summed E-state index contributed by atoms with van der Waals surface area (Å²) in [5, 5.41) is 0. The molecule has 0 aliphatic heterocycles. The van der Waals surface area contributed by atoms with Crippen LogP contribution in [-0.2, 0) is 0 Å². The molecule has 0 heterocycles. The number of hydrogen-bond donors (Lipinski definition) is 1. The van der Waals surface area contributed by atoms with Crippen LogP contribution in [0.1, 0.15) is 32.6 Å². The lowest BCUT2D eigenvalue weighted by molar-refractivity contribution is 0.141. The van der Waals surface area contributed by atoms with Crippen molar-refractivity contribution in [2.24, 2.45) is 17.6 Å². The van der Waals surface area contributed by atoms with Crippen LogP contribution in [-0.4, -0.2) is 43.1 Å². The molecule has 1 rings (SSSR count). The molecule has 16 heavy (non-hydrogen) atoms. The fourth-order valence-electron chi connectivity index (χ4n) is 2.80. The molecule has 0 amide bonds. The molecule has 0 aromatic rings. The van der Waals surface area contributed by atoms with Gasteiger partial charge in [0.05, 0.1) is 0 Å². The standard InChI is InChI=1S/C13H28N2S/c1-11-4-6-12(7-5-11)13(10-14)15(2)8-9-16-3/h11-13H,4-10,14H2,1-3H3. The second-order valence-corrected chi connectivity index (χ2v) is 6.28. The van der Waals surface area contributed by atoms with Crippen molar-refractivity contribution < 1.29 is 0 Å². The molecule has 0 aromatic carbocycles. The molecule has 0 spiro atoms. The van der Waals surface area contributed by atoms with Crippen LogP contribution in [0.5, 0.6) is 0 Å². The molecule has 1 atom stereocenters. The Balaban J connectivity index is 2.40. The smallest absolute Gasteiger partial charge is 0.0243 e. The highest BCUT2D eigenvalue weighted by Crippen LogP contribution is 2.31. The Hall–Kier alpha value is 0.270. The Morgan fingerprint density at radius 3 is 2.44 bits per heavy atom. The SMILES string of the molecule is CSCCN(C)C(CN)C1CCC(C)CC1. The van der Waals surface area contributed by atoms with E-state index >= 15 is 0 Å². The van der Waals surface area contributed by atoms with Gasteiger partial charge < -0.3 is 10.6 Å². The summed E-state index contributed by atoms with van der Waals surface area (Å²) >= 11 is 1.92. The number of nitrogens with two attached hydrogens (primary N) is 1. The molecule has 3 heteroatoms. The number of rotatable bonds is 6. The van der Waals surface area contributed by atoms with Crippen molar-refractivity contribution >= 4 is 11.8 Å². The predicted molar refractivity (Wildman–Crippen MR) is 75.0 cm³/mol. The van der Waals surface area contributed by atoms with E-state index in [9.17, 15) is 0 Å². The molecule has 0 radical (unpaired) electrons. The zero-order valence-corrected chi connectivity index (χ0v) is 11.9. The Kier molecular flexibility index (Phi) is 6.78. The summed E-state index contributed by atoms with van der Waals surface area (Å²) in [6, 6.07) is 0.611. The van der Waals surface area contributed by atoms with Gasteiger partial charge in [0.2, 0.25) is 0 Å². The largest absolute Gasteiger partial charge is 0.329 e. The van der Waals surface area contributed by atoms with Gasteiger partial charge in [0, 0.05) is 24.9 Å². The van der Waals surface area contributed by atoms with E-state index in [0.717, 1.165) is 18.4 Å². The van der Waals surface area contributed by atoms with Crippen LogP contribution in [0.25, 0.3) is 0 Å². The molecule has 96 valence electrons. The van der Waals surface area contributed by atoms with E-state index in [-0.39, 0.29) is 0 Å². The minimum atomic E-state index is 0.611. The zero-order chi connectivity index (χ0) is 12.0. The van der Waals surface area contributed by atoms with E-state index in [0.29, 0.717) is 6.04 Å². The van der Waals surface area contributed by atoms with E-state index in [1.54, 1.807) is 0 Å². The lowest BCUT2D eigenvalue weighted by Gasteiger charge is -2.37. The zero-order valence-electron chi connectivity index (χ0n) is 11.1. The first kappa shape index (κ1) is 14.3. The molecule has 1 aliphatic carbocycles. The van der Waals surface area contributed by atoms with Crippen molar-refractivity contribution in [3.8, 4) is 0 Å². The molecule has 1 saturated carbocycles. The van der Waals surface area contributed by atoms with E-state index in [1.165, 1.54) is 38.0 Å². The fourth-order valence-corrected chi connectivity index (χ4v) is 3.27. The Labute approximate surface area is 105 Å². The van der Waals surface area contributed by atoms with Crippen LogP contribution in [0, 0.1) is 11.8 Å².